The van der Waals surface area contributed by atoms with Crippen molar-refractivity contribution in [2.45, 2.75) is 25.8 Å². The molecule has 1 aromatic heterocycles. The molecule has 1 heterocycles. The van der Waals surface area contributed by atoms with Gasteiger partial charge in [-0.3, -0.25) is 0 Å². The van der Waals surface area contributed by atoms with Gasteiger partial charge in [0, 0.05) is 28.4 Å². The third-order valence-corrected chi connectivity index (χ3v) is 6.06. The number of benzene rings is 3. The number of fused-ring (bicyclic) bond motifs is 2. The number of aromatic nitrogens is 1. The zero-order chi connectivity index (χ0) is 24.8. The van der Waals surface area contributed by atoms with E-state index in [1.807, 2.05) is 68.7 Å². The normalized spacial score (nSPS) is 11.8. The molecule has 0 unspecified atom stereocenters. The fourth-order valence-corrected chi connectivity index (χ4v) is 4.44. The molecule has 0 aliphatic carbocycles. The van der Waals surface area contributed by atoms with E-state index >= 15 is 0 Å². The molecule has 0 spiro atoms. The Morgan fingerprint density at radius 2 is 1.86 bits per heavy atom. The van der Waals surface area contributed by atoms with Gasteiger partial charge in [-0.25, -0.2) is 9.18 Å². The summed E-state index contributed by atoms with van der Waals surface area (Å²) >= 11 is 0. The van der Waals surface area contributed by atoms with Gasteiger partial charge < -0.3 is 19.3 Å². The molecule has 0 saturated carbocycles. The van der Waals surface area contributed by atoms with Gasteiger partial charge >= 0.3 is 5.97 Å². The standard InChI is InChI=1S/C29H31FN2O3/c1-31(2)17-7-3-4-13-24-25-20-22(30)15-16-26(25)32(28(24)29(33)34)18-9-19-35-27-14-8-11-21-10-5-6-12-23(21)27/h4-6,8,10-16,20H,3,7,9,17-19H2,1-2H3,(H,33,34)/b13-4+. The van der Waals surface area contributed by atoms with E-state index in [0.29, 0.717) is 36.0 Å². The van der Waals surface area contributed by atoms with Crippen molar-refractivity contribution in [2.24, 2.45) is 0 Å². The molecule has 5 nitrogen and oxygen atoms in total. The number of halogens is 1. The molecule has 35 heavy (non-hydrogen) atoms. The van der Waals surface area contributed by atoms with E-state index in [1.165, 1.54) is 12.1 Å². The molecule has 0 radical (unpaired) electrons. The van der Waals surface area contributed by atoms with Gasteiger partial charge in [-0.1, -0.05) is 48.6 Å². The van der Waals surface area contributed by atoms with Crippen LogP contribution >= 0.6 is 0 Å². The quantitative estimate of drug-likeness (QED) is 0.254. The highest BCUT2D eigenvalue weighted by Crippen LogP contribution is 2.30. The van der Waals surface area contributed by atoms with Gasteiger partial charge in [-0.15, -0.1) is 0 Å². The van der Waals surface area contributed by atoms with Crippen LogP contribution in [0.2, 0.25) is 0 Å². The number of aromatic carboxylic acids is 1. The summed E-state index contributed by atoms with van der Waals surface area (Å²) in [6.45, 7) is 1.83. The lowest BCUT2D eigenvalue weighted by Crippen LogP contribution is -2.12. The number of rotatable bonds is 11. The summed E-state index contributed by atoms with van der Waals surface area (Å²) in [4.78, 5) is 14.4. The number of aryl methyl sites for hydroxylation is 1. The summed E-state index contributed by atoms with van der Waals surface area (Å²) in [6.07, 6.45) is 6.19. The first-order valence-corrected chi connectivity index (χ1v) is 11.9. The molecule has 0 aliphatic heterocycles. The minimum absolute atomic E-state index is 0.180. The third-order valence-electron chi connectivity index (χ3n) is 6.06. The van der Waals surface area contributed by atoms with Crippen molar-refractivity contribution in [3.05, 3.63) is 83.8 Å². The third kappa shape index (κ3) is 5.72. The summed E-state index contributed by atoms with van der Waals surface area (Å²) in [5.41, 5.74) is 1.44. The van der Waals surface area contributed by atoms with Gasteiger partial charge in [0.2, 0.25) is 0 Å². The lowest BCUT2D eigenvalue weighted by atomic mass is 10.1. The van der Waals surface area contributed by atoms with E-state index in [-0.39, 0.29) is 11.5 Å². The van der Waals surface area contributed by atoms with Crippen molar-refractivity contribution in [2.75, 3.05) is 27.2 Å². The first kappa shape index (κ1) is 24.5. The van der Waals surface area contributed by atoms with E-state index in [1.54, 1.807) is 10.6 Å². The number of unbranched alkanes of at least 4 members (excludes halogenated alkanes) is 1. The monoisotopic (exact) mass is 474 g/mol. The highest BCUT2D eigenvalue weighted by Gasteiger charge is 2.21. The van der Waals surface area contributed by atoms with E-state index in [9.17, 15) is 14.3 Å². The molecule has 182 valence electrons. The minimum Gasteiger partial charge on any atom is -0.493 e. The highest BCUT2D eigenvalue weighted by molar-refractivity contribution is 6.02. The number of carboxylic acid groups (broad SMARTS) is 1. The fourth-order valence-electron chi connectivity index (χ4n) is 4.44. The average Bonchev–Trinajstić information content (AvgIpc) is 3.14. The van der Waals surface area contributed by atoms with Crippen molar-refractivity contribution >= 4 is 33.7 Å². The van der Waals surface area contributed by atoms with Crippen LogP contribution in [0.15, 0.2) is 66.7 Å². The fraction of sp³-hybridized carbons (Fsp3) is 0.276. The molecule has 0 saturated heterocycles. The van der Waals surface area contributed by atoms with Crippen molar-refractivity contribution in [3.8, 4) is 5.75 Å². The Hall–Kier alpha value is -3.64. The van der Waals surface area contributed by atoms with Gasteiger partial charge in [0.15, 0.2) is 0 Å². The predicted molar refractivity (Wildman–Crippen MR) is 140 cm³/mol. The minimum atomic E-state index is -1.02. The molecule has 4 rings (SSSR count). The predicted octanol–water partition coefficient (Wildman–Crippen LogP) is 6.46. The highest BCUT2D eigenvalue weighted by atomic mass is 19.1. The van der Waals surface area contributed by atoms with Gasteiger partial charge in [0.1, 0.15) is 17.3 Å². The van der Waals surface area contributed by atoms with Crippen molar-refractivity contribution in [1.29, 1.82) is 0 Å². The second-order valence-electron chi connectivity index (χ2n) is 8.91. The molecular weight excluding hydrogens is 443 g/mol. The summed E-state index contributed by atoms with van der Waals surface area (Å²) in [5, 5.41) is 12.8. The van der Waals surface area contributed by atoms with E-state index in [4.69, 9.17) is 4.74 Å². The number of hydrogen-bond acceptors (Lipinski definition) is 3. The van der Waals surface area contributed by atoms with Crippen LogP contribution in [0.25, 0.3) is 27.8 Å². The van der Waals surface area contributed by atoms with Crippen LogP contribution in [0.3, 0.4) is 0 Å². The van der Waals surface area contributed by atoms with Crippen LogP contribution in [-0.2, 0) is 6.54 Å². The second-order valence-corrected chi connectivity index (χ2v) is 8.91. The Bertz CT molecular complexity index is 1350. The average molecular weight is 475 g/mol. The first-order valence-electron chi connectivity index (χ1n) is 11.9. The van der Waals surface area contributed by atoms with Crippen molar-refractivity contribution in [3.63, 3.8) is 0 Å². The molecule has 0 aliphatic rings. The number of carboxylic acids is 1. The molecule has 0 fully saturated rings. The van der Waals surface area contributed by atoms with Crippen LogP contribution in [0.5, 0.6) is 5.75 Å². The van der Waals surface area contributed by atoms with Gasteiger partial charge in [-0.2, -0.15) is 0 Å². The summed E-state index contributed by atoms with van der Waals surface area (Å²) in [6, 6.07) is 18.5. The topological polar surface area (TPSA) is 54.7 Å². The van der Waals surface area contributed by atoms with E-state index in [0.717, 1.165) is 35.9 Å². The maximum absolute atomic E-state index is 14.1. The number of nitrogens with zero attached hydrogens (tertiary/aromatic N) is 2. The van der Waals surface area contributed by atoms with Crippen molar-refractivity contribution < 1.29 is 19.0 Å². The maximum Gasteiger partial charge on any atom is 0.353 e. The first-order chi connectivity index (χ1) is 17.0. The van der Waals surface area contributed by atoms with Crippen molar-refractivity contribution in [1.82, 2.24) is 9.47 Å². The molecule has 1 N–H and O–H groups in total. The zero-order valence-corrected chi connectivity index (χ0v) is 20.2. The Labute approximate surface area is 205 Å². The number of ether oxygens (including phenoxy) is 1. The smallest absolute Gasteiger partial charge is 0.353 e. The van der Waals surface area contributed by atoms with Crippen LogP contribution in [0.1, 0.15) is 35.3 Å². The van der Waals surface area contributed by atoms with Crippen LogP contribution < -0.4 is 4.74 Å². The van der Waals surface area contributed by atoms with Gasteiger partial charge in [0.05, 0.1) is 6.61 Å². The molecule has 6 heteroatoms. The largest absolute Gasteiger partial charge is 0.493 e. The van der Waals surface area contributed by atoms with E-state index < -0.39 is 5.97 Å². The Kier molecular flexibility index (Phi) is 7.83. The second kappa shape index (κ2) is 11.2. The molecule has 0 bridgehead atoms. The van der Waals surface area contributed by atoms with Crippen LogP contribution in [0, 0.1) is 5.82 Å². The number of allylic oxidation sites excluding steroid dienone is 1. The van der Waals surface area contributed by atoms with Gasteiger partial charge in [-0.05, 0) is 69.6 Å². The summed E-state index contributed by atoms with van der Waals surface area (Å²) in [5.74, 6) is -0.597. The summed E-state index contributed by atoms with van der Waals surface area (Å²) in [7, 11) is 4.04. The summed E-state index contributed by atoms with van der Waals surface area (Å²) < 4.78 is 21.9. The van der Waals surface area contributed by atoms with Crippen LogP contribution in [0.4, 0.5) is 4.39 Å². The zero-order valence-electron chi connectivity index (χ0n) is 20.2. The lowest BCUT2D eigenvalue weighted by molar-refractivity contribution is 0.0685. The Morgan fingerprint density at radius 1 is 1.06 bits per heavy atom. The van der Waals surface area contributed by atoms with E-state index in [2.05, 4.69) is 4.90 Å². The molecular formula is C29H31FN2O3. The Balaban J connectivity index is 1.55. The van der Waals surface area contributed by atoms with Gasteiger partial charge in [0.25, 0.3) is 0 Å². The number of hydrogen-bond donors (Lipinski definition) is 1. The Morgan fingerprint density at radius 3 is 2.66 bits per heavy atom. The SMILES string of the molecule is CN(C)CCC/C=C/c1c(C(=O)O)n(CCCOc2cccc3ccccc23)c2ccc(F)cc12. The molecule has 0 atom stereocenters. The molecule has 0 amide bonds. The number of carbonyl (C=O) groups is 1. The molecule has 4 aromatic rings. The lowest BCUT2D eigenvalue weighted by Gasteiger charge is -2.11. The van der Waals surface area contributed by atoms with Crippen LogP contribution in [-0.4, -0.2) is 47.8 Å². The maximum atomic E-state index is 14.1. The molecule has 3 aromatic carbocycles.